The van der Waals surface area contributed by atoms with E-state index >= 15 is 0 Å². The van der Waals surface area contributed by atoms with Crippen molar-refractivity contribution in [1.82, 2.24) is 14.9 Å². The van der Waals surface area contributed by atoms with Gasteiger partial charge in [-0.1, -0.05) is 30.1 Å². The molecule has 1 N–H and O–H groups in total. The molecule has 0 fully saturated rings. The molecule has 1 unspecified atom stereocenters. The summed E-state index contributed by atoms with van der Waals surface area (Å²) in [7, 11) is 0. The fraction of sp³-hybridized carbons (Fsp3) is 0.333. The van der Waals surface area contributed by atoms with Crippen LogP contribution < -0.4 is 10.1 Å². The zero-order chi connectivity index (χ0) is 15.9. The van der Waals surface area contributed by atoms with Crippen LogP contribution in [0.3, 0.4) is 0 Å². The Morgan fingerprint density at radius 2 is 2.27 bits per heavy atom. The summed E-state index contributed by atoms with van der Waals surface area (Å²) in [6.07, 6.45) is 6.10. The molecule has 118 valence electrons. The molecule has 1 aromatic carbocycles. The van der Waals surface area contributed by atoms with Crippen molar-refractivity contribution in [3.05, 3.63) is 47.0 Å². The Balaban J connectivity index is 1.83. The molecule has 1 aromatic heterocycles. The Bertz CT molecular complexity index is 617. The molecule has 1 atom stereocenters. The highest BCUT2D eigenvalue weighted by molar-refractivity contribution is 6.35. The first-order valence-electron chi connectivity index (χ1n) is 6.91. The van der Waals surface area contributed by atoms with Crippen molar-refractivity contribution < 1.29 is 9.53 Å². The number of ether oxygens (including phenoxy) is 1. The zero-order valence-corrected chi connectivity index (χ0v) is 13.6. The van der Waals surface area contributed by atoms with Crippen LogP contribution in [0.4, 0.5) is 0 Å². The molecular formula is C15H17Cl2N3O2. The first-order valence-corrected chi connectivity index (χ1v) is 7.67. The molecule has 0 aliphatic heterocycles. The fourth-order valence-corrected chi connectivity index (χ4v) is 2.39. The Morgan fingerprint density at radius 1 is 1.45 bits per heavy atom. The third-order valence-electron chi connectivity index (χ3n) is 3.10. The summed E-state index contributed by atoms with van der Waals surface area (Å²) < 4.78 is 7.33. The molecule has 22 heavy (non-hydrogen) atoms. The van der Waals surface area contributed by atoms with E-state index in [9.17, 15) is 4.79 Å². The van der Waals surface area contributed by atoms with Gasteiger partial charge >= 0.3 is 0 Å². The Labute approximate surface area is 139 Å². The Morgan fingerprint density at radius 3 is 2.91 bits per heavy atom. The lowest BCUT2D eigenvalue weighted by atomic mass is 10.2. The maximum absolute atomic E-state index is 12.0. The van der Waals surface area contributed by atoms with Crippen LogP contribution in [0.1, 0.15) is 13.3 Å². The Kier molecular flexibility index (Phi) is 6.10. The summed E-state index contributed by atoms with van der Waals surface area (Å²) in [5, 5.41) is 3.83. The summed E-state index contributed by atoms with van der Waals surface area (Å²) in [6, 6.07) is 4.89. The quantitative estimate of drug-likeness (QED) is 0.841. The normalized spacial score (nSPS) is 12.0. The predicted molar refractivity (Wildman–Crippen MR) is 86.4 cm³/mol. The minimum atomic E-state index is -0.196. The number of benzene rings is 1. The van der Waals surface area contributed by atoms with Gasteiger partial charge in [-0.3, -0.25) is 4.79 Å². The molecule has 2 rings (SSSR count). The van der Waals surface area contributed by atoms with Crippen LogP contribution in [-0.2, 0) is 11.3 Å². The summed E-state index contributed by atoms with van der Waals surface area (Å²) in [6.45, 7) is 2.59. The highest BCUT2D eigenvalue weighted by atomic mass is 35.5. The lowest BCUT2D eigenvalue weighted by Crippen LogP contribution is -2.40. The topological polar surface area (TPSA) is 56.2 Å². The Hall–Kier alpha value is -1.72. The first kappa shape index (κ1) is 16.6. The number of hydrogen-bond donors (Lipinski definition) is 1. The number of nitrogens with one attached hydrogen (secondary N) is 1. The molecular weight excluding hydrogens is 325 g/mol. The number of halogens is 2. The van der Waals surface area contributed by atoms with Crippen molar-refractivity contribution in [1.29, 1.82) is 0 Å². The average molecular weight is 342 g/mol. The van der Waals surface area contributed by atoms with Gasteiger partial charge in [0.25, 0.3) is 5.91 Å². The van der Waals surface area contributed by atoms with E-state index in [-0.39, 0.29) is 18.6 Å². The number of carbonyl (C=O) groups excluding carboxylic acids is 1. The maximum atomic E-state index is 12.0. The van der Waals surface area contributed by atoms with E-state index in [2.05, 4.69) is 10.3 Å². The molecule has 0 saturated carbocycles. The van der Waals surface area contributed by atoms with E-state index in [1.165, 1.54) is 0 Å². The lowest BCUT2D eigenvalue weighted by molar-refractivity contribution is -0.123. The molecule has 0 saturated heterocycles. The maximum Gasteiger partial charge on any atom is 0.258 e. The first-order chi connectivity index (χ1) is 10.6. The largest absolute Gasteiger partial charge is 0.482 e. The molecule has 0 aliphatic carbocycles. The van der Waals surface area contributed by atoms with Crippen LogP contribution >= 0.6 is 23.2 Å². The van der Waals surface area contributed by atoms with E-state index in [0.29, 0.717) is 22.3 Å². The number of rotatable bonds is 7. The molecule has 7 heteroatoms. The highest BCUT2D eigenvalue weighted by Gasteiger charge is 2.12. The minimum absolute atomic E-state index is 0.0194. The second-order valence-electron chi connectivity index (χ2n) is 4.80. The van der Waals surface area contributed by atoms with Gasteiger partial charge in [0.05, 0.1) is 11.3 Å². The van der Waals surface area contributed by atoms with Crippen LogP contribution in [0.15, 0.2) is 36.9 Å². The van der Waals surface area contributed by atoms with Crippen LogP contribution in [-0.4, -0.2) is 28.1 Å². The molecule has 1 heterocycles. The van der Waals surface area contributed by atoms with Gasteiger partial charge in [-0.05, 0) is 24.6 Å². The summed E-state index contributed by atoms with van der Waals surface area (Å²) >= 11 is 11.8. The molecule has 0 spiro atoms. The van der Waals surface area contributed by atoms with Crippen molar-refractivity contribution in [3.63, 3.8) is 0 Å². The molecule has 0 aliphatic rings. The van der Waals surface area contributed by atoms with Crippen molar-refractivity contribution in [2.24, 2.45) is 0 Å². The highest BCUT2D eigenvalue weighted by Crippen LogP contribution is 2.27. The van der Waals surface area contributed by atoms with Gasteiger partial charge in [0.1, 0.15) is 5.75 Å². The van der Waals surface area contributed by atoms with Crippen molar-refractivity contribution in [2.45, 2.75) is 25.9 Å². The predicted octanol–water partition coefficient (Wildman–Crippen LogP) is 3.16. The average Bonchev–Trinajstić information content (AvgIpc) is 2.98. The van der Waals surface area contributed by atoms with Gasteiger partial charge < -0.3 is 14.6 Å². The summed E-state index contributed by atoms with van der Waals surface area (Å²) in [4.78, 5) is 15.9. The zero-order valence-electron chi connectivity index (χ0n) is 12.1. The third-order valence-corrected chi connectivity index (χ3v) is 3.63. The number of hydrogen-bond acceptors (Lipinski definition) is 3. The minimum Gasteiger partial charge on any atom is -0.482 e. The van der Waals surface area contributed by atoms with Crippen LogP contribution in [0.25, 0.3) is 0 Å². The number of nitrogens with zero attached hydrogens (tertiary/aromatic N) is 2. The van der Waals surface area contributed by atoms with Crippen molar-refractivity contribution >= 4 is 29.1 Å². The van der Waals surface area contributed by atoms with Crippen molar-refractivity contribution in [3.8, 4) is 5.75 Å². The number of imidazole rings is 1. The van der Waals surface area contributed by atoms with E-state index in [1.54, 1.807) is 30.7 Å². The van der Waals surface area contributed by atoms with Gasteiger partial charge in [-0.15, -0.1) is 0 Å². The number of aromatic nitrogens is 2. The van der Waals surface area contributed by atoms with Crippen LogP contribution in [0.5, 0.6) is 5.75 Å². The molecule has 0 bridgehead atoms. The summed E-state index contributed by atoms with van der Waals surface area (Å²) in [5.74, 6) is 0.238. The van der Waals surface area contributed by atoms with Gasteiger partial charge in [-0.2, -0.15) is 0 Å². The fourth-order valence-electron chi connectivity index (χ4n) is 1.93. The van der Waals surface area contributed by atoms with Crippen molar-refractivity contribution in [2.75, 3.05) is 6.61 Å². The second kappa shape index (κ2) is 8.06. The number of carbonyl (C=O) groups is 1. The van der Waals surface area contributed by atoms with Gasteiger partial charge in [0.15, 0.2) is 6.61 Å². The van der Waals surface area contributed by atoms with Crippen LogP contribution in [0, 0.1) is 0 Å². The molecule has 2 aromatic rings. The van der Waals surface area contributed by atoms with Crippen LogP contribution in [0.2, 0.25) is 10.0 Å². The monoisotopic (exact) mass is 341 g/mol. The molecule has 0 radical (unpaired) electrons. The number of amides is 1. The molecule has 5 nitrogen and oxygen atoms in total. The van der Waals surface area contributed by atoms with E-state index < -0.39 is 0 Å². The SMILES string of the molecule is CCC(Cn1ccnc1)NC(=O)COc1ccc(Cl)cc1Cl. The molecule has 1 amide bonds. The second-order valence-corrected chi connectivity index (χ2v) is 5.64. The van der Waals surface area contributed by atoms with E-state index in [4.69, 9.17) is 27.9 Å². The summed E-state index contributed by atoms with van der Waals surface area (Å²) in [5.41, 5.74) is 0. The lowest BCUT2D eigenvalue weighted by Gasteiger charge is -2.17. The van der Waals surface area contributed by atoms with E-state index in [1.807, 2.05) is 17.7 Å². The third kappa shape index (κ3) is 4.93. The van der Waals surface area contributed by atoms with Gasteiger partial charge in [0, 0.05) is 30.0 Å². The smallest absolute Gasteiger partial charge is 0.258 e. The standard InChI is InChI=1S/C15H17Cl2N3O2/c1-2-12(8-20-6-5-18-10-20)19-15(21)9-22-14-4-3-11(16)7-13(14)17/h3-7,10,12H,2,8-9H2,1H3,(H,19,21). The van der Waals surface area contributed by atoms with E-state index in [0.717, 1.165) is 6.42 Å². The van der Waals surface area contributed by atoms with Gasteiger partial charge in [-0.25, -0.2) is 4.98 Å². The van der Waals surface area contributed by atoms with Gasteiger partial charge in [0.2, 0.25) is 0 Å².